The number of aromatic nitrogens is 1. The van der Waals surface area contributed by atoms with Crippen molar-refractivity contribution in [1.29, 1.82) is 0 Å². The Bertz CT molecular complexity index is 531. The van der Waals surface area contributed by atoms with Gasteiger partial charge < -0.3 is 10.2 Å². The second-order valence-electron chi connectivity index (χ2n) is 3.59. The van der Waals surface area contributed by atoms with Gasteiger partial charge in [-0.3, -0.25) is 0 Å². The van der Waals surface area contributed by atoms with E-state index in [-0.39, 0.29) is 17.3 Å². The van der Waals surface area contributed by atoms with Crippen molar-refractivity contribution in [2.45, 2.75) is 19.5 Å². The highest BCUT2D eigenvalue weighted by Gasteiger charge is 2.29. The molecule has 0 saturated carbocycles. The maximum Gasteiger partial charge on any atom is 0.396 e. The highest BCUT2D eigenvalue weighted by molar-refractivity contribution is 5.79. The fourth-order valence-electron chi connectivity index (χ4n) is 1.53. The van der Waals surface area contributed by atoms with E-state index in [1.165, 1.54) is 6.07 Å². The predicted molar refractivity (Wildman–Crippen MR) is 52.9 cm³/mol. The van der Waals surface area contributed by atoms with Crippen LogP contribution >= 0.6 is 0 Å². The number of alkyl halides is 3. The number of nitrogen functional groups attached to an aromatic ring is 1. The SMILES string of the molecule is Cc1cc(N)nc2oc(CC(F)(F)F)cc12. The van der Waals surface area contributed by atoms with Crippen LogP contribution in [0.15, 0.2) is 16.5 Å². The van der Waals surface area contributed by atoms with Gasteiger partial charge in [-0.25, -0.2) is 0 Å². The second kappa shape index (κ2) is 3.40. The van der Waals surface area contributed by atoms with E-state index < -0.39 is 12.6 Å². The van der Waals surface area contributed by atoms with Crippen molar-refractivity contribution in [2.75, 3.05) is 5.73 Å². The third-order valence-corrected chi connectivity index (χ3v) is 2.16. The molecule has 0 aromatic carbocycles. The van der Waals surface area contributed by atoms with E-state index in [4.69, 9.17) is 10.2 Å². The summed E-state index contributed by atoms with van der Waals surface area (Å²) in [6.07, 6.45) is -5.38. The summed E-state index contributed by atoms with van der Waals surface area (Å²) in [5.41, 5.74) is 6.37. The molecular formula is C10H9F3N2O. The highest BCUT2D eigenvalue weighted by atomic mass is 19.4. The van der Waals surface area contributed by atoms with Gasteiger partial charge in [0, 0.05) is 5.39 Å². The number of hydrogen-bond donors (Lipinski definition) is 1. The zero-order valence-electron chi connectivity index (χ0n) is 8.43. The van der Waals surface area contributed by atoms with E-state index in [0.717, 1.165) is 5.56 Å². The molecule has 2 aromatic rings. The summed E-state index contributed by atoms with van der Waals surface area (Å²) in [5, 5.41) is 0.563. The molecule has 6 heteroatoms. The lowest BCUT2D eigenvalue weighted by atomic mass is 10.2. The minimum atomic E-state index is -4.28. The van der Waals surface area contributed by atoms with Crippen LogP contribution in [0.4, 0.5) is 19.0 Å². The largest absolute Gasteiger partial charge is 0.442 e. The van der Waals surface area contributed by atoms with Gasteiger partial charge in [0.1, 0.15) is 18.0 Å². The Balaban J connectivity index is 2.48. The van der Waals surface area contributed by atoms with Crippen LogP contribution in [0.5, 0.6) is 0 Å². The molecule has 0 atom stereocenters. The number of halogens is 3. The number of rotatable bonds is 1. The van der Waals surface area contributed by atoms with E-state index in [1.807, 2.05) is 0 Å². The Labute approximate surface area is 89.1 Å². The number of anilines is 1. The van der Waals surface area contributed by atoms with Crippen molar-refractivity contribution in [3.63, 3.8) is 0 Å². The maximum absolute atomic E-state index is 12.1. The van der Waals surface area contributed by atoms with Crippen molar-refractivity contribution < 1.29 is 17.6 Å². The molecular weight excluding hydrogens is 221 g/mol. The monoisotopic (exact) mass is 230 g/mol. The highest BCUT2D eigenvalue weighted by Crippen LogP contribution is 2.27. The van der Waals surface area contributed by atoms with Crippen molar-refractivity contribution >= 4 is 16.9 Å². The molecule has 0 aliphatic rings. The third-order valence-electron chi connectivity index (χ3n) is 2.16. The minimum Gasteiger partial charge on any atom is -0.442 e. The van der Waals surface area contributed by atoms with Crippen molar-refractivity contribution in [1.82, 2.24) is 4.98 Å². The lowest BCUT2D eigenvalue weighted by Crippen LogP contribution is -2.10. The quantitative estimate of drug-likeness (QED) is 0.819. The van der Waals surface area contributed by atoms with Crippen LogP contribution in [0.3, 0.4) is 0 Å². The summed E-state index contributed by atoms with van der Waals surface area (Å²) in [6, 6.07) is 2.94. The number of hydrogen-bond acceptors (Lipinski definition) is 3. The molecule has 0 unspecified atom stereocenters. The van der Waals surface area contributed by atoms with E-state index >= 15 is 0 Å². The van der Waals surface area contributed by atoms with Gasteiger partial charge in [-0.1, -0.05) is 0 Å². The maximum atomic E-state index is 12.1. The van der Waals surface area contributed by atoms with Gasteiger partial charge in [-0.15, -0.1) is 0 Å². The van der Waals surface area contributed by atoms with Crippen LogP contribution in [0, 0.1) is 6.92 Å². The van der Waals surface area contributed by atoms with Crippen LogP contribution < -0.4 is 5.73 Å². The van der Waals surface area contributed by atoms with Crippen LogP contribution in [0.1, 0.15) is 11.3 Å². The molecule has 2 aromatic heterocycles. The van der Waals surface area contributed by atoms with E-state index in [2.05, 4.69) is 4.98 Å². The molecule has 86 valence electrons. The summed E-state index contributed by atoms with van der Waals surface area (Å²) in [4.78, 5) is 3.83. The number of aryl methyl sites for hydroxylation is 1. The molecule has 0 radical (unpaired) electrons. The van der Waals surface area contributed by atoms with Gasteiger partial charge in [0.2, 0.25) is 5.71 Å². The molecule has 0 aliphatic carbocycles. The lowest BCUT2D eigenvalue weighted by molar-refractivity contribution is -0.129. The van der Waals surface area contributed by atoms with Crippen LogP contribution in [0.2, 0.25) is 0 Å². The summed E-state index contributed by atoms with van der Waals surface area (Å²) >= 11 is 0. The van der Waals surface area contributed by atoms with Gasteiger partial charge in [-0.05, 0) is 24.6 Å². The fraction of sp³-hybridized carbons (Fsp3) is 0.300. The zero-order valence-corrected chi connectivity index (χ0v) is 8.43. The van der Waals surface area contributed by atoms with E-state index in [1.54, 1.807) is 13.0 Å². The first kappa shape index (κ1) is 10.8. The average molecular weight is 230 g/mol. The Kier molecular flexibility index (Phi) is 2.29. The molecule has 0 amide bonds. The van der Waals surface area contributed by atoms with Gasteiger partial charge in [0.05, 0.1) is 0 Å². The Morgan fingerprint density at radius 3 is 2.69 bits per heavy atom. The lowest BCUT2D eigenvalue weighted by Gasteiger charge is -2.01. The normalized spacial score (nSPS) is 12.2. The standard InChI is InChI=1S/C10H9F3N2O/c1-5-2-8(14)15-9-7(5)3-6(16-9)4-10(11,12)13/h2-3H,4H2,1H3,(H2,14,15). The molecule has 0 fully saturated rings. The topological polar surface area (TPSA) is 52.0 Å². The second-order valence-corrected chi connectivity index (χ2v) is 3.59. The summed E-state index contributed by atoms with van der Waals surface area (Å²) in [6.45, 7) is 1.74. The first-order chi connectivity index (χ1) is 7.35. The molecule has 3 nitrogen and oxygen atoms in total. The first-order valence-corrected chi connectivity index (χ1v) is 4.57. The minimum absolute atomic E-state index is 0.149. The Morgan fingerprint density at radius 1 is 1.38 bits per heavy atom. The number of pyridine rings is 1. The zero-order chi connectivity index (χ0) is 11.9. The van der Waals surface area contributed by atoms with Crippen molar-refractivity contribution in [2.24, 2.45) is 0 Å². The van der Waals surface area contributed by atoms with Crippen LogP contribution in [0.25, 0.3) is 11.1 Å². The Hall–Kier alpha value is -1.72. The molecule has 0 saturated heterocycles. The van der Waals surface area contributed by atoms with E-state index in [0.29, 0.717) is 5.39 Å². The van der Waals surface area contributed by atoms with Crippen molar-refractivity contribution in [3.8, 4) is 0 Å². The van der Waals surface area contributed by atoms with Crippen LogP contribution in [-0.4, -0.2) is 11.2 Å². The third kappa shape index (κ3) is 2.10. The van der Waals surface area contributed by atoms with E-state index in [9.17, 15) is 13.2 Å². The summed E-state index contributed by atoms with van der Waals surface area (Å²) < 4.78 is 41.4. The average Bonchev–Trinajstić information content (AvgIpc) is 2.43. The number of fused-ring (bicyclic) bond motifs is 1. The fourth-order valence-corrected chi connectivity index (χ4v) is 1.53. The Morgan fingerprint density at radius 2 is 2.06 bits per heavy atom. The summed E-state index contributed by atoms with van der Waals surface area (Å²) in [5.74, 6) is 0.0848. The van der Waals surface area contributed by atoms with Crippen LogP contribution in [-0.2, 0) is 6.42 Å². The number of nitrogens with two attached hydrogens (primary N) is 1. The van der Waals surface area contributed by atoms with Gasteiger partial charge in [0.15, 0.2) is 0 Å². The molecule has 0 aliphatic heterocycles. The van der Waals surface area contributed by atoms with Gasteiger partial charge >= 0.3 is 6.18 Å². The molecule has 16 heavy (non-hydrogen) atoms. The molecule has 2 heterocycles. The van der Waals surface area contributed by atoms with Gasteiger partial charge in [-0.2, -0.15) is 18.2 Å². The molecule has 0 spiro atoms. The summed E-state index contributed by atoms with van der Waals surface area (Å²) in [7, 11) is 0. The van der Waals surface area contributed by atoms with Gasteiger partial charge in [0.25, 0.3) is 0 Å². The molecule has 0 bridgehead atoms. The number of furan rings is 1. The predicted octanol–water partition coefficient (Wildman–Crippen LogP) is 2.82. The molecule has 2 rings (SSSR count). The number of nitrogens with zero attached hydrogens (tertiary/aromatic N) is 1. The first-order valence-electron chi connectivity index (χ1n) is 4.57. The molecule has 2 N–H and O–H groups in total. The van der Waals surface area contributed by atoms with Crippen molar-refractivity contribution in [3.05, 3.63) is 23.5 Å². The smallest absolute Gasteiger partial charge is 0.396 e.